The van der Waals surface area contributed by atoms with E-state index in [0.717, 1.165) is 17.9 Å². The highest BCUT2D eigenvalue weighted by atomic mass is 35.5. The fourth-order valence-corrected chi connectivity index (χ4v) is 1.75. The highest BCUT2D eigenvalue weighted by Gasteiger charge is 2.11. The van der Waals surface area contributed by atoms with Crippen LogP contribution < -0.4 is 5.73 Å². The molecule has 0 unspecified atom stereocenters. The molecule has 2 rings (SSSR count). The van der Waals surface area contributed by atoms with E-state index in [1.54, 1.807) is 11.0 Å². The minimum absolute atomic E-state index is 0.503. The first kappa shape index (κ1) is 11.0. The molecule has 16 heavy (non-hydrogen) atoms. The second-order valence-electron chi connectivity index (χ2n) is 3.61. The van der Waals surface area contributed by atoms with Crippen molar-refractivity contribution in [2.24, 2.45) is 0 Å². The minimum Gasteiger partial charge on any atom is -0.383 e. The first-order valence-electron chi connectivity index (χ1n) is 5.10. The number of halogens is 1. The van der Waals surface area contributed by atoms with Crippen molar-refractivity contribution in [1.29, 1.82) is 0 Å². The molecule has 6 heteroatoms. The Morgan fingerprint density at radius 2 is 2.25 bits per heavy atom. The molecular formula is C10H14ClN5. The topological polar surface area (TPSA) is 61.7 Å². The molecule has 2 aromatic heterocycles. The van der Waals surface area contributed by atoms with E-state index in [2.05, 4.69) is 17.0 Å². The van der Waals surface area contributed by atoms with Gasteiger partial charge in [0.05, 0.1) is 30.5 Å². The van der Waals surface area contributed by atoms with Gasteiger partial charge >= 0.3 is 0 Å². The zero-order valence-corrected chi connectivity index (χ0v) is 10.1. The molecule has 0 spiro atoms. The SMILES string of the molecule is CCn1cncc1Cn1nc(C)c(Cl)c1N. The molecule has 0 aliphatic rings. The van der Waals surface area contributed by atoms with Crippen molar-refractivity contribution < 1.29 is 0 Å². The molecule has 0 radical (unpaired) electrons. The maximum absolute atomic E-state index is 5.98. The van der Waals surface area contributed by atoms with Crippen LogP contribution in [0, 0.1) is 6.92 Å². The van der Waals surface area contributed by atoms with Crippen molar-refractivity contribution in [2.45, 2.75) is 26.9 Å². The smallest absolute Gasteiger partial charge is 0.141 e. The maximum atomic E-state index is 5.98. The lowest BCUT2D eigenvalue weighted by Crippen LogP contribution is -2.09. The standard InChI is InChI=1S/C10H14ClN5/c1-3-15-6-13-4-8(15)5-16-10(12)9(11)7(2)14-16/h4,6H,3,5,12H2,1-2H3. The Hall–Kier alpha value is -1.49. The number of imidazole rings is 1. The van der Waals surface area contributed by atoms with Crippen molar-refractivity contribution in [3.05, 3.63) is 28.9 Å². The van der Waals surface area contributed by atoms with E-state index in [4.69, 9.17) is 17.3 Å². The van der Waals surface area contributed by atoms with Gasteiger partial charge < -0.3 is 10.3 Å². The van der Waals surface area contributed by atoms with E-state index in [1.165, 1.54) is 0 Å². The molecule has 0 saturated heterocycles. The number of anilines is 1. The number of hydrogen-bond acceptors (Lipinski definition) is 3. The molecule has 0 bridgehead atoms. The second-order valence-corrected chi connectivity index (χ2v) is 3.99. The van der Waals surface area contributed by atoms with E-state index in [0.29, 0.717) is 17.4 Å². The van der Waals surface area contributed by atoms with Gasteiger partial charge in [-0.15, -0.1) is 0 Å². The number of nitrogen functional groups attached to an aromatic ring is 1. The van der Waals surface area contributed by atoms with Crippen LogP contribution in [-0.2, 0) is 13.1 Å². The molecule has 2 aromatic rings. The summed E-state index contributed by atoms with van der Waals surface area (Å²) in [6.07, 6.45) is 3.61. The summed E-state index contributed by atoms with van der Waals surface area (Å²) in [4.78, 5) is 4.10. The first-order chi connectivity index (χ1) is 7.63. The number of aryl methyl sites for hydroxylation is 2. The van der Waals surface area contributed by atoms with Crippen molar-refractivity contribution in [2.75, 3.05) is 5.73 Å². The third kappa shape index (κ3) is 1.78. The van der Waals surface area contributed by atoms with E-state index in [9.17, 15) is 0 Å². The Morgan fingerprint density at radius 1 is 1.50 bits per heavy atom. The lowest BCUT2D eigenvalue weighted by molar-refractivity contribution is 0.625. The van der Waals surface area contributed by atoms with Crippen LogP contribution in [0.4, 0.5) is 5.82 Å². The number of nitrogens with two attached hydrogens (primary N) is 1. The van der Waals surface area contributed by atoms with Crippen molar-refractivity contribution >= 4 is 17.4 Å². The van der Waals surface area contributed by atoms with Crippen molar-refractivity contribution in [1.82, 2.24) is 19.3 Å². The maximum Gasteiger partial charge on any atom is 0.141 e. The molecule has 0 saturated carbocycles. The molecule has 86 valence electrons. The van der Waals surface area contributed by atoms with Gasteiger partial charge in [-0.1, -0.05) is 11.6 Å². The first-order valence-corrected chi connectivity index (χ1v) is 5.48. The summed E-state index contributed by atoms with van der Waals surface area (Å²) in [6.45, 7) is 5.37. The third-order valence-electron chi connectivity index (χ3n) is 2.54. The molecule has 0 aliphatic heterocycles. The molecule has 0 aliphatic carbocycles. The van der Waals surface area contributed by atoms with Crippen LogP contribution in [0.25, 0.3) is 0 Å². The van der Waals surface area contributed by atoms with Crippen LogP contribution in [0.2, 0.25) is 5.02 Å². The van der Waals surface area contributed by atoms with Crippen molar-refractivity contribution in [3.63, 3.8) is 0 Å². The van der Waals surface area contributed by atoms with Gasteiger partial charge in [0.15, 0.2) is 0 Å². The van der Waals surface area contributed by atoms with Crippen LogP contribution in [0.5, 0.6) is 0 Å². The largest absolute Gasteiger partial charge is 0.383 e. The fourth-order valence-electron chi connectivity index (χ4n) is 1.62. The summed E-state index contributed by atoms with van der Waals surface area (Å²) < 4.78 is 3.74. The van der Waals surface area contributed by atoms with Gasteiger partial charge in [-0.05, 0) is 13.8 Å². The van der Waals surface area contributed by atoms with E-state index < -0.39 is 0 Å². The normalized spacial score (nSPS) is 10.9. The summed E-state index contributed by atoms with van der Waals surface area (Å²) in [5.41, 5.74) is 7.67. The zero-order chi connectivity index (χ0) is 11.7. The highest BCUT2D eigenvalue weighted by Crippen LogP contribution is 2.22. The lowest BCUT2D eigenvalue weighted by atomic mass is 10.4. The summed E-state index contributed by atoms with van der Waals surface area (Å²) in [7, 11) is 0. The predicted octanol–water partition coefficient (Wildman–Crippen LogP) is 1.69. The van der Waals surface area contributed by atoms with Gasteiger partial charge in [0.25, 0.3) is 0 Å². The highest BCUT2D eigenvalue weighted by molar-refractivity contribution is 6.33. The molecule has 2 N–H and O–H groups in total. The number of nitrogens with zero attached hydrogens (tertiary/aromatic N) is 4. The predicted molar refractivity (Wildman–Crippen MR) is 63.4 cm³/mol. The Balaban J connectivity index is 2.30. The molecule has 0 aromatic carbocycles. The van der Waals surface area contributed by atoms with Gasteiger partial charge in [0.1, 0.15) is 10.8 Å². The quantitative estimate of drug-likeness (QED) is 0.887. The van der Waals surface area contributed by atoms with Gasteiger partial charge in [-0.2, -0.15) is 5.10 Å². The molecule has 0 fully saturated rings. The number of rotatable bonds is 3. The summed E-state index contributed by atoms with van der Waals surface area (Å²) in [5, 5.41) is 4.81. The molecular weight excluding hydrogens is 226 g/mol. The Kier molecular flexibility index (Phi) is 2.87. The molecule has 0 amide bonds. The van der Waals surface area contributed by atoms with Crippen LogP contribution in [0.15, 0.2) is 12.5 Å². The lowest BCUT2D eigenvalue weighted by Gasteiger charge is -2.06. The van der Waals surface area contributed by atoms with Crippen LogP contribution in [0.3, 0.4) is 0 Å². The fraction of sp³-hybridized carbons (Fsp3) is 0.400. The average Bonchev–Trinajstić information content (AvgIpc) is 2.81. The molecule has 0 atom stereocenters. The Bertz CT molecular complexity index is 499. The summed E-state index contributed by atoms with van der Waals surface area (Å²) in [5.74, 6) is 0.503. The van der Waals surface area contributed by atoms with E-state index in [-0.39, 0.29) is 0 Å². The summed E-state index contributed by atoms with van der Waals surface area (Å²) in [6, 6.07) is 0. The van der Waals surface area contributed by atoms with Crippen LogP contribution in [-0.4, -0.2) is 19.3 Å². The van der Waals surface area contributed by atoms with Gasteiger partial charge in [-0.3, -0.25) is 0 Å². The monoisotopic (exact) mass is 239 g/mol. The van der Waals surface area contributed by atoms with Crippen LogP contribution in [0.1, 0.15) is 18.3 Å². The van der Waals surface area contributed by atoms with E-state index >= 15 is 0 Å². The summed E-state index contributed by atoms with van der Waals surface area (Å²) >= 11 is 5.98. The van der Waals surface area contributed by atoms with Gasteiger partial charge in [-0.25, -0.2) is 9.67 Å². The van der Waals surface area contributed by atoms with Crippen LogP contribution >= 0.6 is 11.6 Å². The van der Waals surface area contributed by atoms with Gasteiger partial charge in [0.2, 0.25) is 0 Å². The zero-order valence-electron chi connectivity index (χ0n) is 9.31. The number of aromatic nitrogens is 4. The third-order valence-corrected chi connectivity index (χ3v) is 3.01. The number of hydrogen-bond donors (Lipinski definition) is 1. The minimum atomic E-state index is 0.503. The average molecular weight is 240 g/mol. The van der Waals surface area contributed by atoms with Crippen molar-refractivity contribution in [3.8, 4) is 0 Å². The van der Waals surface area contributed by atoms with E-state index in [1.807, 2.05) is 17.7 Å². The second kappa shape index (κ2) is 4.17. The van der Waals surface area contributed by atoms with Gasteiger partial charge in [0, 0.05) is 6.54 Å². The molecule has 2 heterocycles. The Morgan fingerprint density at radius 3 is 2.81 bits per heavy atom. The molecule has 5 nitrogen and oxygen atoms in total. The Labute approximate surface area is 98.8 Å².